The van der Waals surface area contributed by atoms with Crippen molar-refractivity contribution >= 4 is 22.6 Å². The van der Waals surface area contributed by atoms with E-state index in [0.29, 0.717) is 0 Å². The fourth-order valence-corrected chi connectivity index (χ4v) is 4.08. The summed E-state index contributed by atoms with van der Waals surface area (Å²) in [6.07, 6.45) is 0. The quantitative estimate of drug-likeness (QED) is 0.730. The van der Waals surface area contributed by atoms with Gasteiger partial charge in [-0.15, -0.1) is 0 Å². The molecule has 0 fully saturated rings. The molecule has 1 aromatic rings. The van der Waals surface area contributed by atoms with E-state index in [2.05, 4.69) is 41.5 Å². The Morgan fingerprint density at radius 1 is 1.10 bits per heavy atom. The first-order valence-electron chi connectivity index (χ1n) is 7.39. The van der Waals surface area contributed by atoms with Gasteiger partial charge in [-0.25, -0.2) is 0 Å². The number of aryl methyl sites for hydroxylation is 1. The molecule has 1 aromatic carbocycles. The molecule has 0 amide bonds. The van der Waals surface area contributed by atoms with Gasteiger partial charge in [0.05, 0.1) is 10.6 Å². The Balaban J connectivity index is 2.69. The van der Waals surface area contributed by atoms with Crippen molar-refractivity contribution in [1.29, 1.82) is 0 Å². The zero-order valence-corrected chi connectivity index (χ0v) is 15.2. The van der Waals surface area contributed by atoms with Crippen molar-refractivity contribution in [3.05, 3.63) is 33.9 Å². The molecule has 0 saturated carbocycles. The summed E-state index contributed by atoms with van der Waals surface area (Å²) < 4.78 is 0.0569. The largest absolute Gasteiger partial charge is 0.295 e. The Bertz CT molecular complexity index is 654. The molecule has 3 heteroatoms. The van der Waals surface area contributed by atoms with Crippen LogP contribution in [0.1, 0.15) is 67.2 Å². The SMILES string of the molecule is CC(=O)c1cc(C)c(C)c(C2=NC(C)(C)C(C)(C)S2)c1C. The summed E-state index contributed by atoms with van der Waals surface area (Å²) in [5.41, 5.74) is 5.32. The Morgan fingerprint density at radius 3 is 2.10 bits per heavy atom. The van der Waals surface area contributed by atoms with Crippen LogP contribution in [-0.4, -0.2) is 21.1 Å². The molecular weight excluding hydrogens is 278 g/mol. The summed E-state index contributed by atoms with van der Waals surface area (Å²) in [7, 11) is 0. The highest BCUT2D eigenvalue weighted by atomic mass is 32.2. The monoisotopic (exact) mass is 303 g/mol. The van der Waals surface area contributed by atoms with E-state index in [1.54, 1.807) is 6.92 Å². The first-order chi connectivity index (χ1) is 9.48. The lowest BCUT2D eigenvalue weighted by atomic mass is 9.90. The summed E-state index contributed by atoms with van der Waals surface area (Å²) in [5.74, 6) is 0.124. The average Bonchev–Trinajstić information content (AvgIpc) is 2.52. The third-order valence-electron chi connectivity index (χ3n) is 4.91. The molecule has 0 aliphatic carbocycles. The molecule has 21 heavy (non-hydrogen) atoms. The van der Waals surface area contributed by atoms with E-state index in [1.165, 1.54) is 5.56 Å². The van der Waals surface area contributed by atoms with Crippen LogP contribution in [0.15, 0.2) is 11.1 Å². The molecule has 114 valence electrons. The summed E-state index contributed by atoms with van der Waals surface area (Å²) in [6, 6.07) is 2.01. The van der Waals surface area contributed by atoms with Gasteiger partial charge in [-0.2, -0.15) is 0 Å². The average molecular weight is 303 g/mol. The molecule has 0 atom stereocenters. The molecule has 1 aliphatic heterocycles. The van der Waals surface area contributed by atoms with Crippen LogP contribution in [0.25, 0.3) is 0 Å². The minimum Gasteiger partial charge on any atom is -0.295 e. The van der Waals surface area contributed by atoms with Crippen molar-refractivity contribution in [1.82, 2.24) is 0 Å². The van der Waals surface area contributed by atoms with Crippen LogP contribution in [0, 0.1) is 20.8 Å². The van der Waals surface area contributed by atoms with Crippen molar-refractivity contribution < 1.29 is 4.79 Å². The Labute approximate surface area is 132 Å². The topological polar surface area (TPSA) is 29.4 Å². The summed E-state index contributed by atoms with van der Waals surface area (Å²) >= 11 is 1.82. The molecule has 2 nitrogen and oxygen atoms in total. The normalized spacial score (nSPS) is 19.5. The van der Waals surface area contributed by atoms with Gasteiger partial charge in [-0.1, -0.05) is 11.8 Å². The second-order valence-corrected chi connectivity index (χ2v) is 8.62. The van der Waals surface area contributed by atoms with Crippen LogP contribution in [0.4, 0.5) is 0 Å². The van der Waals surface area contributed by atoms with Gasteiger partial charge in [0, 0.05) is 15.9 Å². The molecule has 0 radical (unpaired) electrons. The van der Waals surface area contributed by atoms with Crippen molar-refractivity contribution in [2.24, 2.45) is 4.99 Å². The van der Waals surface area contributed by atoms with Crippen LogP contribution in [0.3, 0.4) is 0 Å². The van der Waals surface area contributed by atoms with Crippen LogP contribution >= 0.6 is 11.8 Å². The maximum Gasteiger partial charge on any atom is 0.160 e. The van der Waals surface area contributed by atoms with Gasteiger partial charge in [0.15, 0.2) is 5.78 Å². The zero-order chi connectivity index (χ0) is 16.2. The standard InChI is InChI=1S/C18H25NOS/c1-10-9-14(13(4)20)12(3)15(11(10)2)16-19-17(5,6)18(7,8)21-16/h9H,1-8H3. The van der Waals surface area contributed by atoms with Gasteiger partial charge in [-0.3, -0.25) is 9.79 Å². The molecule has 0 unspecified atom stereocenters. The van der Waals surface area contributed by atoms with Crippen molar-refractivity contribution in [2.75, 3.05) is 0 Å². The van der Waals surface area contributed by atoms with E-state index < -0.39 is 0 Å². The lowest BCUT2D eigenvalue weighted by Crippen LogP contribution is -2.36. The molecule has 1 aliphatic rings. The number of carbonyl (C=O) groups excluding carboxylic acids is 1. The number of nitrogens with zero attached hydrogens (tertiary/aromatic N) is 1. The van der Waals surface area contributed by atoms with E-state index in [9.17, 15) is 4.79 Å². The number of Topliss-reactive ketones (excluding diaryl/α,β-unsaturated/α-hetero) is 1. The number of benzene rings is 1. The van der Waals surface area contributed by atoms with Crippen LogP contribution in [0.5, 0.6) is 0 Å². The zero-order valence-electron chi connectivity index (χ0n) is 14.3. The first kappa shape index (κ1) is 16.3. The second-order valence-electron chi connectivity index (χ2n) is 7.01. The van der Waals surface area contributed by atoms with Gasteiger partial charge in [-0.05, 0) is 78.1 Å². The van der Waals surface area contributed by atoms with E-state index >= 15 is 0 Å². The molecule has 0 spiro atoms. The van der Waals surface area contributed by atoms with Crippen LogP contribution in [-0.2, 0) is 0 Å². The van der Waals surface area contributed by atoms with Gasteiger partial charge >= 0.3 is 0 Å². The lowest BCUT2D eigenvalue weighted by Gasteiger charge is -2.31. The molecule has 1 heterocycles. The third-order valence-corrected chi connectivity index (χ3v) is 6.40. The second kappa shape index (κ2) is 4.98. The third kappa shape index (κ3) is 2.57. The fourth-order valence-electron chi connectivity index (χ4n) is 2.62. The van der Waals surface area contributed by atoms with E-state index in [4.69, 9.17) is 4.99 Å². The predicted molar refractivity (Wildman–Crippen MR) is 92.9 cm³/mol. The first-order valence-corrected chi connectivity index (χ1v) is 8.20. The minimum atomic E-state index is -0.105. The maximum atomic E-state index is 11.9. The number of hydrogen-bond acceptors (Lipinski definition) is 3. The maximum absolute atomic E-state index is 11.9. The highest BCUT2D eigenvalue weighted by Crippen LogP contribution is 2.47. The van der Waals surface area contributed by atoms with Gasteiger partial charge < -0.3 is 0 Å². The van der Waals surface area contributed by atoms with Gasteiger partial charge in [0.2, 0.25) is 0 Å². The Hall–Kier alpha value is -1.09. The Morgan fingerprint density at radius 2 is 1.67 bits per heavy atom. The molecule has 0 aromatic heterocycles. The van der Waals surface area contributed by atoms with E-state index in [1.807, 2.05) is 24.8 Å². The number of thioether (sulfide) groups is 1. The van der Waals surface area contributed by atoms with Gasteiger partial charge in [0.25, 0.3) is 0 Å². The smallest absolute Gasteiger partial charge is 0.160 e. The predicted octanol–water partition coefficient (Wildman–Crippen LogP) is 4.87. The van der Waals surface area contributed by atoms with Crippen molar-refractivity contribution in [3.8, 4) is 0 Å². The number of aliphatic imine (C=N–C) groups is 1. The van der Waals surface area contributed by atoms with E-state index in [-0.39, 0.29) is 16.1 Å². The molecule has 0 saturated heterocycles. The Kier molecular flexibility index (Phi) is 3.86. The summed E-state index contributed by atoms with van der Waals surface area (Å²) in [5, 5.41) is 1.08. The highest BCUT2D eigenvalue weighted by molar-refractivity contribution is 8.16. The van der Waals surface area contributed by atoms with Crippen molar-refractivity contribution in [2.45, 2.75) is 65.7 Å². The van der Waals surface area contributed by atoms with Crippen LogP contribution < -0.4 is 0 Å². The number of hydrogen-bond donors (Lipinski definition) is 0. The number of rotatable bonds is 2. The highest BCUT2D eigenvalue weighted by Gasteiger charge is 2.44. The molecule has 0 N–H and O–H groups in total. The van der Waals surface area contributed by atoms with E-state index in [0.717, 1.165) is 27.3 Å². The number of carbonyl (C=O) groups is 1. The number of ketones is 1. The summed E-state index contributed by atoms with van der Waals surface area (Å²) in [6.45, 7) is 16.7. The lowest BCUT2D eigenvalue weighted by molar-refractivity contribution is 0.101. The van der Waals surface area contributed by atoms with Crippen molar-refractivity contribution in [3.63, 3.8) is 0 Å². The molecular formula is C18H25NOS. The minimum absolute atomic E-state index is 0.0569. The summed E-state index contributed by atoms with van der Waals surface area (Å²) in [4.78, 5) is 16.9. The van der Waals surface area contributed by atoms with Gasteiger partial charge in [0.1, 0.15) is 0 Å². The fraction of sp³-hybridized carbons (Fsp3) is 0.556. The molecule has 0 bridgehead atoms. The molecule has 2 rings (SSSR count). The van der Waals surface area contributed by atoms with Crippen LogP contribution in [0.2, 0.25) is 0 Å².